The lowest BCUT2D eigenvalue weighted by atomic mass is 9.83. The second kappa shape index (κ2) is 5.83. The van der Waals surface area contributed by atoms with Crippen LogP contribution in [0.4, 0.5) is 5.69 Å². The SMILES string of the molecule is COCCN(C(=O)C(C)(C)c1ccc(N)cc1)C1CC1. The average Bonchev–Trinajstić information content (AvgIpc) is 3.24. The van der Waals surface area contributed by atoms with E-state index < -0.39 is 5.41 Å². The van der Waals surface area contributed by atoms with Gasteiger partial charge in [-0.05, 0) is 44.4 Å². The van der Waals surface area contributed by atoms with E-state index in [1.54, 1.807) is 7.11 Å². The van der Waals surface area contributed by atoms with Crippen LogP contribution in [0.1, 0.15) is 32.3 Å². The molecule has 0 heterocycles. The number of rotatable bonds is 6. The molecule has 1 aliphatic rings. The van der Waals surface area contributed by atoms with Gasteiger partial charge in [0.15, 0.2) is 0 Å². The summed E-state index contributed by atoms with van der Waals surface area (Å²) in [6.07, 6.45) is 2.21. The third-order valence-corrected chi connectivity index (χ3v) is 3.95. The largest absolute Gasteiger partial charge is 0.399 e. The number of hydrogen-bond donors (Lipinski definition) is 1. The van der Waals surface area contributed by atoms with Crippen LogP contribution in [0.15, 0.2) is 24.3 Å². The Bertz CT molecular complexity index is 464. The maximum atomic E-state index is 12.9. The van der Waals surface area contributed by atoms with E-state index in [0.29, 0.717) is 19.2 Å². The highest BCUT2D eigenvalue weighted by Gasteiger charge is 2.40. The van der Waals surface area contributed by atoms with Gasteiger partial charge in [-0.2, -0.15) is 0 Å². The second-order valence-corrected chi connectivity index (χ2v) is 5.97. The number of carbonyl (C=O) groups excluding carboxylic acids is 1. The molecule has 110 valence electrons. The Hall–Kier alpha value is -1.55. The number of anilines is 1. The minimum Gasteiger partial charge on any atom is -0.399 e. The van der Waals surface area contributed by atoms with Crippen molar-refractivity contribution in [3.63, 3.8) is 0 Å². The lowest BCUT2D eigenvalue weighted by Crippen LogP contribution is -2.46. The first-order valence-corrected chi connectivity index (χ1v) is 7.13. The van der Waals surface area contributed by atoms with Crippen LogP contribution in [0.2, 0.25) is 0 Å². The van der Waals surface area contributed by atoms with Gasteiger partial charge in [-0.15, -0.1) is 0 Å². The van der Waals surface area contributed by atoms with Crippen molar-refractivity contribution in [1.29, 1.82) is 0 Å². The van der Waals surface area contributed by atoms with E-state index in [-0.39, 0.29) is 5.91 Å². The molecule has 0 bridgehead atoms. The molecule has 0 atom stereocenters. The van der Waals surface area contributed by atoms with Crippen molar-refractivity contribution in [2.24, 2.45) is 0 Å². The number of amides is 1. The van der Waals surface area contributed by atoms with E-state index in [1.807, 2.05) is 43.0 Å². The summed E-state index contributed by atoms with van der Waals surface area (Å²) in [5, 5.41) is 0. The Balaban J connectivity index is 2.17. The number of nitrogens with zero attached hydrogens (tertiary/aromatic N) is 1. The van der Waals surface area contributed by atoms with E-state index in [1.165, 1.54) is 0 Å². The van der Waals surface area contributed by atoms with Gasteiger partial charge in [-0.3, -0.25) is 4.79 Å². The standard InChI is InChI=1S/C16H24N2O2/c1-16(2,12-4-6-13(17)7-5-12)15(19)18(10-11-20-3)14-8-9-14/h4-7,14H,8-11,17H2,1-3H3. The summed E-state index contributed by atoms with van der Waals surface area (Å²) in [7, 11) is 1.67. The van der Waals surface area contributed by atoms with E-state index >= 15 is 0 Å². The summed E-state index contributed by atoms with van der Waals surface area (Å²) in [6, 6.07) is 7.97. The molecule has 0 aliphatic heterocycles. The molecule has 0 spiro atoms. The fourth-order valence-electron chi connectivity index (χ4n) is 2.41. The van der Waals surface area contributed by atoms with E-state index in [2.05, 4.69) is 0 Å². The normalized spacial score (nSPS) is 15.2. The van der Waals surface area contributed by atoms with Crippen LogP contribution >= 0.6 is 0 Å². The van der Waals surface area contributed by atoms with Crippen LogP contribution < -0.4 is 5.73 Å². The monoisotopic (exact) mass is 276 g/mol. The molecule has 20 heavy (non-hydrogen) atoms. The predicted molar refractivity (Wildman–Crippen MR) is 80.5 cm³/mol. The van der Waals surface area contributed by atoms with Crippen molar-refractivity contribution >= 4 is 11.6 Å². The highest BCUT2D eigenvalue weighted by Crippen LogP contribution is 2.33. The Morgan fingerprint density at radius 2 is 1.95 bits per heavy atom. The molecule has 4 nitrogen and oxygen atoms in total. The van der Waals surface area contributed by atoms with Crippen molar-refractivity contribution in [2.45, 2.75) is 38.1 Å². The van der Waals surface area contributed by atoms with Crippen molar-refractivity contribution in [3.8, 4) is 0 Å². The molecule has 4 heteroatoms. The minimum absolute atomic E-state index is 0.168. The van der Waals surface area contributed by atoms with Crippen LogP contribution in [0.25, 0.3) is 0 Å². The molecular weight excluding hydrogens is 252 g/mol. The Labute approximate surface area is 120 Å². The van der Waals surface area contributed by atoms with E-state index in [4.69, 9.17) is 10.5 Å². The van der Waals surface area contributed by atoms with Crippen LogP contribution in [0.3, 0.4) is 0 Å². The zero-order valence-corrected chi connectivity index (χ0v) is 12.6. The molecule has 2 N–H and O–H groups in total. The number of methoxy groups -OCH3 is 1. The average molecular weight is 276 g/mol. The van der Waals surface area contributed by atoms with Crippen molar-refractivity contribution < 1.29 is 9.53 Å². The topological polar surface area (TPSA) is 55.6 Å². The summed E-state index contributed by atoms with van der Waals surface area (Å²) in [5.74, 6) is 0.168. The maximum Gasteiger partial charge on any atom is 0.232 e. The molecule has 1 saturated carbocycles. The molecule has 1 amide bonds. The zero-order chi connectivity index (χ0) is 14.8. The second-order valence-electron chi connectivity index (χ2n) is 5.97. The van der Waals surface area contributed by atoms with Gasteiger partial charge in [0.2, 0.25) is 5.91 Å². The number of ether oxygens (including phenoxy) is 1. The summed E-state index contributed by atoms with van der Waals surface area (Å²) in [6.45, 7) is 5.20. The van der Waals surface area contributed by atoms with Gasteiger partial charge in [-0.1, -0.05) is 12.1 Å². The molecule has 2 rings (SSSR count). The van der Waals surface area contributed by atoms with Gasteiger partial charge in [0.05, 0.1) is 12.0 Å². The highest BCUT2D eigenvalue weighted by molar-refractivity contribution is 5.88. The van der Waals surface area contributed by atoms with Crippen LogP contribution in [0.5, 0.6) is 0 Å². The van der Waals surface area contributed by atoms with Crippen molar-refractivity contribution in [1.82, 2.24) is 4.90 Å². The first kappa shape index (κ1) is 14.9. The van der Waals surface area contributed by atoms with Crippen LogP contribution in [-0.4, -0.2) is 37.1 Å². The zero-order valence-electron chi connectivity index (χ0n) is 12.6. The van der Waals surface area contributed by atoms with Crippen molar-refractivity contribution in [3.05, 3.63) is 29.8 Å². The summed E-state index contributed by atoms with van der Waals surface area (Å²) in [4.78, 5) is 14.8. The number of benzene rings is 1. The molecule has 0 aromatic heterocycles. The lowest BCUT2D eigenvalue weighted by Gasteiger charge is -2.32. The first-order valence-electron chi connectivity index (χ1n) is 7.13. The van der Waals surface area contributed by atoms with E-state index in [0.717, 1.165) is 24.1 Å². The molecule has 1 aromatic rings. The lowest BCUT2D eigenvalue weighted by molar-refractivity contribution is -0.137. The maximum absolute atomic E-state index is 12.9. The third-order valence-electron chi connectivity index (χ3n) is 3.95. The summed E-state index contributed by atoms with van der Waals surface area (Å²) < 4.78 is 5.12. The Morgan fingerprint density at radius 1 is 1.35 bits per heavy atom. The molecule has 0 radical (unpaired) electrons. The molecule has 1 fully saturated rings. The fourth-order valence-corrected chi connectivity index (χ4v) is 2.41. The Morgan fingerprint density at radius 3 is 2.45 bits per heavy atom. The summed E-state index contributed by atoms with van der Waals surface area (Å²) in [5.41, 5.74) is 6.90. The molecule has 0 saturated heterocycles. The van der Waals surface area contributed by atoms with E-state index in [9.17, 15) is 4.79 Å². The predicted octanol–water partition coefficient (Wildman–Crippen LogP) is 2.18. The van der Waals surface area contributed by atoms with Crippen LogP contribution in [-0.2, 0) is 14.9 Å². The number of hydrogen-bond acceptors (Lipinski definition) is 3. The molecule has 0 unspecified atom stereocenters. The van der Waals surface area contributed by atoms with Gasteiger partial charge in [0.25, 0.3) is 0 Å². The quantitative estimate of drug-likeness (QED) is 0.810. The van der Waals surface area contributed by atoms with Gasteiger partial charge in [0.1, 0.15) is 0 Å². The van der Waals surface area contributed by atoms with Gasteiger partial charge in [-0.25, -0.2) is 0 Å². The molecular formula is C16H24N2O2. The number of nitrogen functional groups attached to an aromatic ring is 1. The number of carbonyl (C=O) groups is 1. The molecule has 1 aromatic carbocycles. The third kappa shape index (κ3) is 3.12. The summed E-state index contributed by atoms with van der Waals surface area (Å²) >= 11 is 0. The highest BCUT2D eigenvalue weighted by atomic mass is 16.5. The van der Waals surface area contributed by atoms with Gasteiger partial charge >= 0.3 is 0 Å². The number of nitrogens with two attached hydrogens (primary N) is 1. The minimum atomic E-state index is -0.538. The smallest absolute Gasteiger partial charge is 0.232 e. The molecule has 1 aliphatic carbocycles. The van der Waals surface area contributed by atoms with Gasteiger partial charge < -0.3 is 15.4 Å². The first-order chi connectivity index (χ1) is 9.46. The fraction of sp³-hybridized carbons (Fsp3) is 0.562. The van der Waals surface area contributed by atoms with Gasteiger partial charge in [0, 0.05) is 25.4 Å². The van der Waals surface area contributed by atoms with Crippen LogP contribution in [0, 0.1) is 0 Å². The Kier molecular flexibility index (Phi) is 4.33. The van der Waals surface area contributed by atoms with Crippen molar-refractivity contribution in [2.75, 3.05) is 26.0 Å².